The number of methoxy groups -OCH3 is 1. The molecule has 0 bridgehead atoms. The summed E-state index contributed by atoms with van der Waals surface area (Å²) in [5.41, 5.74) is 2.06. The monoisotopic (exact) mass is 278 g/mol. The summed E-state index contributed by atoms with van der Waals surface area (Å²) in [5, 5.41) is 12.2. The van der Waals surface area contributed by atoms with Crippen molar-refractivity contribution in [2.45, 2.75) is 18.9 Å². The average molecular weight is 278 g/mol. The third-order valence-corrected chi connectivity index (χ3v) is 3.68. The number of nitrogens with zero attached hydrogens (tertiary/aromatic N) is 1. The van der Waals surface area contributed by atoms with Crippen molar-refractivity contribution < 1.29 is 14.6 Å². The smallest absolute Gasteiger partial charge is 0.241 e. The molecule has 5 heteroatoms. The zero-order valence-corrected chi connectivity index (χ0v) is 11.8. The maximum Gasteiger partial charge on any atom is 0.241 e. The van der Waals surface area contributed by atoms with E-state index in [1.807, 2.05) is 29.2 Å². The Morgan fingerprint density at radius 1 is 1.40 bits per heavy atom. The number of carbonyl (C=O) groups is 1. The van der Waals surface area contributed by atoms with E-state index in [1.54, 1.807) is 7.11 Å². The number of aliphatic hydroxyl groups is 1. The van der Waals surface area contributed by atoms with Gasteiger partial charge in [0.05, 0.1) is 19.3 Å². The fourth-order valence-electron chi connectivity index (χ4n) is 2.61. The fraction of sp³-hybridized carbons (Fsp3) is 0.533. The van der Waals surface area contributed by atoms with Gasteiger partial charge in [-0.25, -0.2) is 0 Å². The first-order chi connectivity index (χ1) is 9.76. The minimum absolute atomic E-state index is 0.000460. The predicted molar refractivity (Wildman–Crippen MR) is 77.7 cm³/mol. The molecule has 1 aromatic carbocycles. The number of aryl methyl sites for hydroxylation is 1. The number of hydrogen-bond donors (Lipinski definition) is 2. The molecule has 1 aromatic rings. The number of hydrogen-bond acceptors (Lipinski definition) is 4. The second kappa shape index (κ2) is 7.38. The minimum atomic E-state index is -0.218. The van der Waals surface area contributed by atoms with Crippen LogP contribution in [0.2, 0.25) is 0 Å². The van der Waals surface area contributed by atoms with Crippen LogP contribution in [-0.2, 0) is 16.0 Å². The molecule has 0 saturated carbocycles. The Labute approximate surface area is 119 Å². The summed E-state index contributed by atoms with van der Waals surface area (Å²) in [6.07, 6.45) is 1.61. The second-order valence-electron chi connectivity index (χ2n) is 4.95. The molecule has 1 atom stereocenters. The van der Waals surface area contributed by atoms with Gasteiger partial charge in [0, 0.05) is 25.9 Å². The quantitative estimate of drug-likeness (QED) is 0.811. The minimum Gasteiger partial charge on any atom is -0.395 e. The lowest BCUT2D eigenvalue weighted by Gasteiger charge is -2.28. The first-order valence-electron chi connectivity index (χ1n) is 6.99. The molecule has 0 radical (unpaired) electrons. The van der Waals surface area contributed by atoms with Crippen LogP contribution in [0.5, 0.6) is 0 Å². The van der Waals surface area contributed by atoms with Crippen molar-refractivity contribution in [2.75, 3.05) is 38.7 Å². The van der Waals surface area contributed by atoms with Crippen LogP contribution in [0.15, 0.2) is 24.3 Å². The highest BCUT2D eigenvalue weighted by Crippen LogP contribution is 2.23. The van der Waals surface area contributed by atoms with E-state index in [0.717, 1.165) is 18.5 Å². The van der Waals surface area contributed by atoms with Crippen molar-refractivity contribution in [1.82, 2.24) is 4.90 Å². The predicted octanol–water partition coefficient (Wildman–Crippen LogP) is 0.881. The summed E-state index contributed by atoms with van der Waals surface area (Å²) < 4.78 is 5.08. The molecule has 20 heavy (non-hydrogen) atoms. The molecule has 0 aromatic heterocycles. The molecule has 2 N–H and O–H groups in total. The molecule has 1 heterocycles. The van der Waals surface area contributed by atoms with Gasteiger partial charge >= 0.3 is 0 Å². The van der Waals surface area contributed by atoms with Crippen molar-refractivity contribution >= 4 is 11.6 Å². The van der Waals surface area contributed by atoms with E-state index < -0.39 is 0 Å². The Morgan fingerprint density at radius 3 is 2.95 bits per heavy atom. The van der Waals surface area contributed by atoms with Crippen molar-refractivity contribution in [1.29, 1.82) is 0 Å². The van der Waals surface area contributed by atoms with Gasteiger partial charge in [0.15, 0.2) is 0 Å². The SMILES string of the molecule is COCCN(CCO)C1CCc2ccccc2NC1=O. The topological polar surface area (TPSA) is 61.8 Å². The van der Waals surface area contributed by atoms with E-state index in [-0.39, 0.29) is 18.6 Å². The van der Waals surface area contributed by atoms with Crippen LogP contribution >= 0.6 is 0 Å². The van der Waals surface area contributed by atoms with Crippen LogP contribution in [0.3, 0.4) is 0 Å². The number of fused-ring (bicyclic) bond motifs is 1. The van der Waals surface area contributed by atoms with Crippen molar-refractivity contribution in [3.63, 3.8) is 0 Å². The van der Waals surface area contributed by atoms with E-state index >= 15 is 0 Å². The van der Waals surface area contributed by atoms with E-state index in [4.69, 9.17) is 4.74 Å². The maximum atomic E-state index is 12.4. The molecule has 0 fully saturated rings. The third kappa shape index (κ3) is 3.56. The third-order valence-electron chi connectivity index (χ3n) is 3.68. The highest BCUT2D eigenvalue weighted by molar-refractivity contribution is 5.96. The zero-order chi connectivity index (χ0) is 14.4. The standard InChI is InChI=1S/C15H22N2O3/c1-20-11-9-17(8-10-18)14-7-6-12-4-2-3-5-13(12)16-15(14)19/h2-5,14,18H,6-11H2,1H3,(H,16,19). The van der Waals surface area contributed by atoms with Crippen molar-refractivity contribution in [2.24, 2.45) is 0 Å². The number of rotatable bonds is 6. The summed E-state index contributed by atoms with van der Waals surface area (Å²) in [6.45, 7) is 1.72. The highest BCUT2D eigenvalue weighted by atomic mass is 16.5. The van der Waals surface area contributed by atoms with Crippen LogP contribution < -0.4 is 5.32 Å². The second-order valence-corrected chi connectivity index (χ2v) is 4.95. The Hall–Kier alpha value is -1.43. The molecule has 0 saturated heterocycles. The van der Waals surface area contributed by atoms with Crippen LogP contribution in [-0.4, -0.2) is 55.4 Å². The highest BCUT2D eigenvalue weighted by Gasteiger charge is 2.28. The lowest BCUT2D eigenvalue weighted by molar-refractivity contribution is -0.121. The lowest BCUT2D eigenvalue weighted by atomic mass is 10.0. The number of anilines is 1. The molecule has 0 aliphatic carbocycles. The maximum absolute atomic E-state index is 12.4. The normalized spacial score (nSPS) is 18.6. The molecule has 5 nitrogen and oxygen atoms in total. The van der Waals surface area contributed by atoms with Gasteiger partial charge in [-0.3, -0.25) is 9.69 Å². The molecule has 0 spiro atoms. The summed E-state index contributed by atoms with van der Waals surface area (Å²) in [4.78, 5) is 14.4. The summed E-state index contributed by atoms with van der Waals surface area (Å²) in [6, 6.07) is 7.67. The van der Waals surface area contributed by atoms with Crippen molar-refractivity contribution in [3.8, 4) is 0 Å². The van der Waals surface area contributed by atoms with Crippen molar-refractivity contribution in [3.05, 3.63) is 29.8 Å². The molecule has 1 aliphatic rings. The Morgan fingerprint density at radius 2 is 2.20 bits per heavy atom. The first-order valence-corrected chi connectivity index (χ1v) is 6.99. The molecular weight excluding hydrogens is 256 g/mol. The molecule has 110 valence electrons. The Kier molecular flexibility index (Phi) is 5.52. The van der Waals surface area contributed by atoms with Gasteiger partial charge < -0.3 is 15.2 Å². The number of amides is 1. The first kappa shape index (κ1) is 15.0. The van der Waals surface area contributed by atoms with Gasteiger partial charge in [-0.2, -0.15) is 0 Å². The fourth-order valence-corrected chi connectivity index (χ4v) is 2.61. The van der Waals surface area contributed by atoms with Crippen LogP contribution in [0.1, 0.15) is 12.0 Å². The Bertz CT molecular complexity index is 450. The van der Waals surface area contributed by atoms with E-state index in [0.29, 0.717) is 19.7 Å². The number of carbonyl (C=O) groups excluding carboxylic acids is 1. The molecule has 1 amide bonds. The largest absolute Gasteiger partial charge is 0.395 e. The summed E-state index contributed by atoms with van der Waals surface area (Å²) >= 11 is 0. The van der Waals surface area contributed by atoms with Crippen LogP contribution in [0.4, 0.5) is 5.69 Å². The van der Waals surface area contributed by atoms with Gasteiger partial charge in [0.2, 0.25) is 5.91 Å². The number of benzene rings is 1. The molecule has 1 aliphatic heterocycles. The van der Waals surface area contributed by atoms with Gasteiger partial charge in [0.25, 0.3) is 0 Å². The zero-order valence-electron chi connectivity index (χ0n) is 11.8. The van der Waals surface area contributed by atoms with Crippen LogP contribution in [0, 0.1) is 0 Å². The molecule has 1 unspecified atom stereocenters. The molecule has 2 rings (SSSR count). The van der Waals surface area contributed by atoms with Gasteiger partial charge in [-0.15, -0.1) is 0 Å². The Balaban J connectivity index is 2.10. The number of ether oxygens (including phenoxy) is 1. The number of nitrogens with one attached hydrogen (secondary N) is 1. The summed E-state index contributed by atoms with van der Waals surface area (Å²) in [5.74, 6) is -0.000460. The lowest BCUT2D eigenvalue weighted by Crippen LogP contribution is -2.46. The number of para-hydroxylation sites is 1. The van der Waals surface area contributed by atoms with Crippen LogP contribution in [0.25, 0.3) is 0 Å². The van der Waals surface area contributed by atoms with Gasteiger partial charge in [-0.05, 0) is 24.5 Å². The van der Waals surface area contributed by atoms with E-state index in [1.165, 1.54) is 5.56 Å². The average Bonchev–Trinajstić information content (AvgIpc) is 2.62. The summed E-state index contributed by atoms with van der Waals surface area (Å²) in [7, 11) is 1.64. The number of aliphatic hydroxyl groups excluding tert-OH is 1. The van der Waals surface area contributed by atoms with E-state index in [9.17, 15) is 9.90 Å². The van der Waals surface area contributed by atoms with E-state index in [2.05, 4.69) is 5.32 Å². The van der Waals surface area contributed by atoms with Gasteiger partial charge in [0.1, 0.15) is 0 Å². The van der Waals surface area contributed by atoms with Gasteiger partial charge in [-0.1, -0.05) is 18.2 Å². The molecular formula is C15H22N2O3.